The fourth-order valence-corrected chi connectivity index (χ4v) is 3.44. The second-order valence-electron chi connectivity index (χ2n) is 4.65. The van der Waals surface area contributed by atoms with Crippen molar-refractivity contribution in [3.8, 4) is 9.88 Å². The minimum Gasteiger partial charge on any atom is -0.456 e. The summed E-state index contributed by atoms with van der Waals surface area (Å²) in [5.74, 6) is -0.451. The number of carbonyl (C=O) groups excluding carboxylic acids is 1. The summed E-state index contributed by atoms with van der Waals surface area (Å²) in [4.78, 5) is 17.2. The first-order valence-corrected chi connectivity index (χ1v) is 8.35. The number of hydrogen-bond donors (Lipinski definition) is 1. The van der Waals surface area contributed by atoms with E-state index in [1.807, 2.05) is 13.0 Å². The summed E-state index contributed by atoms with van der Waals surface area (Å²) in [5, 5.41) is 14.5. The van der Waals surface area contributed by atoms with Crippen molar-refractivity contribution in [2.75, 3.05) is 6.61 Å². The first-order chi connectivity index (χ1) is 11.1. The molecule has 0 radical (unpaired) electrons. The van der Waals surface area contributed by atoms with Crippen LogP contribution in [0.25, 0.3) is 9.88 Å². The molecule has 0 aliphatic rings. The lowest BCUT2D eigenvalue weighted by Crippen LogP contribution is -2.14. The number of hydrogen-bond acceptors (Lipinski definition) is 8. The van der Waals surface area contributed by atoms with Gasteiger partial charge in [0.25, 0.3) is 0 Å². The van der Waals surface area contributed by atoms with E-state index >= 15 is 0 Å². The molecule has 3 aromatic rings. The van der Waals surface area contributed by atoms with E-state index in [4.69, 9.17) is 10.1 Å². The van der Waals surface area contributed by atoms with Crippen LogP contribution in [0.5, 0.6) is 0 Å². The fraction of sp³-hybridized carbons (Fsp3) is 0.133. The van der Waals surface area contributed by atoms with Gasteiger partial charge in [0.05, 0.1) is 22.7 Å². The molecule has 0 amide bonds. The molecule has 0 aliphatic heterocycles. The first-order valence-electron chi connectivity index (χ1n) is 6.70. The number of nitrogens with one attached hydrogen (secondary N) is 1. The van der Waals surface area contributed by atoms with Crippen molar-refractivity contribution in [1.82, 2.24) is 14.6 Å². The Morgan fingerprint density at radius 3 is 2.78 bits per heavy atom. The summed E-state index contributed by atoms with van der Waals surface area (Å²) in [7, 11) is 0. The van der Waals surface area contributed by atoms with Crippen LogP contribution in [0.3, 0.4) is 0 Å². The second-order valence-corrected chi connectivity index (χ2v) is 6.26. The maximum absolute atomic E-state index is 11.9. The lowest BCUT2D eigenvalue weighted by molar-refractivity contribution is 0.0563. The maximum atomic E-state index is 11.9. The van der Waals surface area contributed by atoms with Crippen molar-refractivity contribution in [1.29, 1.82) is 5.41 Å². The zero-order valence-corrected chi connectivity index (χ0v) is 13.8. The molecule has 2 aromatic heterocycles. The molecule has 3 rings (SSSR count). The second kappa shape index (κ2) is 6.76. The van der Waals surface area contributed by atoms with E-state index in [9.17, 15) is 4.79 Å². The molecule has 0 saturated heterocycles. The molecule has 0 spiro atoms. The molecule has 1 aromatic carbocycles. The number of carbonyl (C=O) groups is 1. The van der Waals surface area contributed by atoms with Gasteiger partial charge in [0, 0.05) is 5.38 Å². The third-order valence-corrected chi connectivity index (χ3v) is 4.84. The molecular weight excluding hydrogens is 332 g/mol. The highest BCUT2D eigenvalue weighted by Crippen LogP contribution is 2.28. The number of esters is 1. The Morgan fingerprint density at radius 1 is 1.30 bits per heavy atom. The van der Waals surface area contributed by atoms with E-state index in [-0.39, 0.29) is 12.3 Å². The van der Waals surface area contributed by atoms with Crippen LogP contribution in [0, 0.1) is 12.3 Å². The zero-order chi connectivity index (χ0) is 16.2. The molecule has 0 saturated carbocycles. The van der Waals surface area contributed by atoms with Gasteiger partial charge in [-0.3, -0.25) is 5.41 Å². The van der Waals surface area contributed by atoms with Gasteiger partial charge in [-0.15, -0.1) is 16.4 Å². The van der Waals surface area contributed by atoms with Crippen LogP contribution in [0.1, 0.15) is 21.7 Å². The summed E-state index contributed by atoms with van der Waals surface area (Å²) in [6.45, 7) is 1.75. The predicted octanol–water partition coefficient (Wildman–Crippen LogP) is 3.19. The van der Waals surface area contributed by atoms with Gasteiger partial charge in [-0.1, -0.05) is 22.7 Å². The summed E-state index contributed by atoms with van der Waals surface area (Å²) < 4.78 is 9.03. The third kappa shape index (κ3) is 3.49. The largest absolute Gasteiger partial charge is 0.456 e. The molecule has 1 N–H and O–H groups in total. The highest BCUT2D eigenvalue weighted by atomic mass is 32.1. The van der Waals surface area contributed by atoms with E-state index in [2.05, 4.69) is 14.6 Å². The molecule has 0 unspecified atom stereocenters. The molecule has 8 heteroatoms. The van der Waals surface area contributed by atoms with Crippen LogP contribution in [-0.2, 0) is 4.74 Å². The van der Waals surface area contributed by atoms with Crippen molar-refractivity contribution in [2.45, 2.75) is 6.92 Å². The van der Waals surface area contributed by atoms with Gasteiger partial charge < -0.3 is 4.74 Å². The number of nitrogens with zero attached hydrogens (tertiary/aromatic N) is 3. The van der Waals surface area contributed by atoms with Gasteiger partial charge in [0.2, 0.25) is 0 Å². The van der Waals surface area contributed by atoms with E-state index in [1.165, 1.54) is 22.9 Å². The molecule has 0 aliphatic carbocycles. The lowest BCUT2D eigenvalue weighted by atomic mass is 10.2. The van der Waals surface area contributed by atoms with Crippen molar-refractivity contribution in [3.05, 3.63) is 52.7 Å². The van der Waals surface area contributed by atoms with Gasteiger partial charge in [0.1, 0.15) is 16.5 Å². The Hall–Kier alpha value is -2.45. The zero-order valence-electron chi connectivity index (χ0n) is 12.1. The number of aromatic nitrogens is 3. The van der Waals surface area contributed by atoms with Crippen molar-refractivity contribution in [2.24, 2.45) is 0 Å². The topological polar surface area (TPSA) is 88.8 Å². The van der Waals surface area contributed by atoms with Crippen molar-refractivity contribution >= 4 is 34.6 Å². The smallest absolute Gasteiger partial charge is 0.338 e. The summed E-state index contributed by atoms with van der Waals surface area (Å²) in [6.07, 6.45) is 0. The quantitative estimate of drug-likeness (QED) is 0.567. The molecule has 0 atom stereocenters. The monoisotopic (exact) mass is 344 g/mol. The van der Waals surface area contributed by atoms with Gasteiger partial charge in [-0.2, -0.15) is 0 Å². The Morgan fingerprint density at radius 2 is 2.09 bits per heavy atom. The van der Waals surface area contributed by atoms with Gasteiger partial charge in [-0.25, -0.2) is 9.78 Å². The molecule has 2 heterocycles. The molecular formula is C15H12N4O2S2. The number of thiazole rings is 1. The van der Waals surface area contributed by atoms with Crippen LogP contribution in [0.15, 0.2) is 35.7 Å². The van der Waals surface area contributed by atoms with Crippen LogP contribution >= 0.6 is 22.9 Å². The molecule has 6 nitrogen and oxygen atoms in total. The van der Waals surface area contributed by atoms with E-state index < -0.39 is 5.97 Å². The number of benzene rings is 1. The third-order valence-electron chi connectivity index (χ3n) is 3.02. The predicted molar refractivity (Wildman–Crippen MR) is 89.3 cm³/mol. The van der Waals surface area contributed by atoms with Crippen LogP contribution in [0.2, 0.25) is 0 Å². The number of rotatable bonds is 5. The number of aryl methyl sites for hydroxylation is 1. The van der Waals surface area contributed by atoms with Crippen LogP contribution in [-0.4, -0.2) is 32.9 Å². The Balaban J connectivity index is 1.64. The minimum atomic E-state index is -0.451. The molecule has 0 bridgehead atoms. The first kappa shape index (κ1) is 15.4. The van der Waals surface area contributed by atoms with E-state index in [0.717, 1.165) is 15.6 Å². The lowest BCUT2D eigenvalue weighted by Gasteiger charge is -2.04. The van der Waals surface area contributed by atoms with Gasteiger partial charge in [0.15, 0.2) is 0 Å². The SMILES string of the molecule is Cc1nnsc1-c1nc(C(=N)COC(=O)c2ccccc2)cs1. The van der Waals surface area contributed by atoms with Crippen LogP contribution in [0.4, 0.5) is 0 Å². The Bertz CT molecular complexity index is 842. The van der Waals surface area contributed by atoms with E-state index in [1.54, 1.807) is 29.6 Å². The van der Waals surface area contributed by atoms with E-state index in [0.29, 0.717) is 11.3 Å². The highest BCUT2D eigenvalue weighted by Gasteiger charge is 2.15. The summed E-state index contributed by atoms with van der Waals surface area (Å²) in [5.41, 5.74) is 1.94. The molecule has 0 fully saturated rings. The Kier molecular flexibility index (Phi) is 4.54. The highest BCUT2D eigenvalue weighted by molar-refractivity contribution is 7.18. The van der Waals surface area contributed by atoms with Gasteiger partial charge in [-0.05, 0) is 30.6 Å². The minimum absolute atomic E-state index is 0.114. The van der Waals surface area contributed by atoms with Crippen molar-refractivity contribution < 1.29 is 9.53 Å². The molecule has 116 valence electrons. The van der Waals surface area contributed by atoms with Crippen molar-refractivity contribution in [3.63, 3.8) is 0 Å². The van der Waals surface area contributed by atoms with Crippen LogP contribution < -0.4 is 0 Å². The normalized spacial score (nSPS) is 10.5. The summed E-state index contributed by atoms with van der Waals surface area (Å²) in [6, 6.07) is 8.70. The summed E-state index contributed by atoms with van der Waals surface area (Å²) >= 11 is 2.69. The average molecular weight is 344 g/mol. The standard InChI is InChI=1S/C15H12N4O2S2/c1-9-13(23-19-18-9)14-17-12(8-22-14)11(16)7-21-15(20)10-5-3-2-4-6-10/h2-6,8,16H,7H2,1H3. The molecule has 23 heavy (non-hydrogen) atoms. The Labute approximate surface area is 140 Å². The fourth-order valence-electron chi connectivity index (χ4n) is 1.81. The number of ether oxygens (including phenoxy) is 1. The average Bonchev–Trinajstić information content (AvgIpc) is 3.21. The maximum Gasteiger partial charge on any atom is 0.338 e. The van der Waals surface area contributed by atoms with Gasteiger partial charge >= 0.3 is 5.97 Å².